The number of allylic oxidation sites excluding steroid dienone is 3. The van der Waals surface area contributed by atoms with E-state index in [9.17, 15) is 19.7 Å². The standard InChI is InChI=1S/C43H41N5O8.2C2H6/c1-6-10-36-28(7-2)13-14-46(36)42(49)32-19-38(53-4)40(21-34(32)44-3)55-24-26-15-27(17-30(16-26)48(51)52)25-56-41-22-35-33(20-39(41)54-5)43(50)47-31(23-45-35)18-29-11-8-9-12-37(29)47;2*1-2/h6-12,15-17,19-23,31,44H,2,13-14,18,24-25H2,1,3-5H3;2*1-2H3/b10-6-;;. The lowest BCUT2D eigenvalue weighted by Gasteiger charge is -2.22. The van der Waals surface area contributed by atoms with E-state index in [0.29, 0.717) is 76.0 Å². The summed E-state index contributed by atoms with van der Waals surface area (Å²) in [4.78, 5) is 47.3. The molecule has 4 aromatic carbocycles. The molecule has 314 valence electrons. The van der Waals surface area contributed by atoms with Gasteiger partial charge >= 0.3 is 0 Å². The van der Waals surface area contributed by atoms with Crippen LogP contribution < -0.4 is 29.2 Å². The van der Waals surface area contributed by atoms with Gasteiger partial charge in [0.05, 0.1) is 47.7 Å². The number of hydrogen-bond donors (Lipinski definition) is 1. The van der Waals surface area contributed by atoms with Crippen LogP contribution in [-0.2, 0) is 19.6 Å². The molecule has 3 aliphatic rings. The van der Waals surface area contributed by atoms with Gasteiger partial charge in [-0.05, 0) is 65.9 Å². The molecule has 0 radical (unpaired) electrons. The molecule has 0 aromatic heterocycles. The second-order valence-corrected chi connectivity index (χ2v) is 13.3. The number of ether oxygens (including phenoxy) is 4. The van der Waals surface area contributed by atoms with E-state index in [1.165, 1.54) is 26.4 Å². The summed E-state index contributed by atoms with van der Waals surface area (Å²) in [6.45, 7) is 14.2. The lowest BCUT2D eigenvalue weighted by Crippen LogP contribution is -2.37. The normalized spacial score (nSPS) is 14.8. The molecule has 0 saturated carbocycles. The Morgan fingerprint density at radius 3 is 2.22 bits per heavy atom. The van der Waals surface area contributed by atoms with E-state index >= 15 is 0 Å². The lowest BCUT2D eigenvalue weighted by atomic mass is 10.1. The lowest BCUT2D eigenvalue weighted by molar-refractivity contribution is -0.385. The van der Waals surface area contributed by atoms with Crippen LogP contribution in [0.3, 0.4) is 0 Å². The molecule has 1 atom stereocenters. The molecule has 0 spiro atoms. The third-order valence-electron chi connectivity index (χ3n) is 10.0. The third-order valence-corrected chi connectivity index (χ3v) is 10.0. The van der Waals surface area contributed by atoms with Crippen molar-refractivity contribution in [2.24, 2.45) is 4.99 Å². The van der Waals surface area contributed by atoms with Gasteiger partial charge in [0.2, 0.25) is 0 Å². The first-order valence-corrected chi connectivity index (χ1v) is 20.1. The van der Waals surface area contributed by atoms with Crippen LogP contribution >= 0.6 is 0 Å². The number of nitrogens with zero attached hydrogens (tertiary/aromatic N) is 4. The number of non-ortho nitro benzene ring substituents is 1. The molecule has 60 heavy (non-hydrogen) atoms. The first kappa shape index (κ1) is 44.2. The molecular formula is C47H53N5O8. The summed E-state index contributed by atoms with van der Waals surface area (Å²) >= 11 is 0. The van der Waals surface area contributed by atoms with Crippen molar-refractivity contribution in [2.75, 3.05) is 38.0 Å². The van der Waals surface area contributed by atoms with E-state index in [2.05, 4.69) is 16.9 Å². The fourth-order valence-corrected chi connectivity index (χ4v) is 7.31. The van der Waals surface area contributed by atoms with E-state index in [1.807, 2.05) is 71.0 Å². The Morgan fingerprint density at radius 1 is 0.950 bits per heavy atom. The predicted molar refractivity (Wildman–Crippen MR) is 237 cm³/mol. The number of hydrogen-bond acceptors (Lipinski definition) is 10. The fourth-order valence-electron chi connectivity index (χ4n) is 7.31. The van der Waals surface area contributed by atoms with Crippen LogP contribution in [0.15, 0.2) is 108 Å². The van der Waals surface area contributed by atoms with Crippen LogP contribution in [0.4, 0.5) is 22.7 Å². The Balaban J connectivity index is 0.00000166. The van der Waals surface area contributed by atoms with E-state index in [1.54, 1.807) is 59.5 Å². The Morgan fingerprint density at radius 2 is 1.60 bits per heavy atom. The zero-order valence-electron chi connectivity index (χ0n) is 35.5. The highest BCUT2D eigenvalue weighted by atomic mass is 16.6. The van der Waals surface area contributed by atoms with Crippen molar-refractivity contribution in [3.63, 3.8) is 0 Å². The average Bonchev–Trinajstić information content (AvgIpc) is 3.84. The van der Waals surface area contributed by atoms with Crippen LogP contribution in [0.5, 0.6) is 23.0 Å². The number of anilines is 2. The van der Waals surface area contributed by atoms with Crippen molar-refractivity contribution in [3.8, 4) is 23.0 Å². The highest BCUT2D eigenvalue weighted by molar-refractivity contribution is 6.14. The van der Waals surface area contributed by atoms with Gasteiger partial charge in [0.25, 0.3) is 17.5 Å². The molecule has 1 N–H and O–H groups in total. The molecule has 0 saturated heterocycles. The maximum atomic E-state index is 13.8. The van der Waals surface area contributed by atoms with Crippen LogP contribution in [0.2, 0.25) is 0 Å². The summed E-state index contributed by atoms with van der Waals surface area (Å²) in [5.74, 6) is 0.908. The van der Waals surface area contributed by atoms with Gasteiger partial charge in [-0.25, -0.2) is 0 Å². The maximum Gasteiger partial charge on any atom is 0.270 e. The van der Waals surface area contributed by atoms with E-state index < -0.39 is 4.92 Å². The van der Waals surface area contributed by atoms with Crippen molar-refractivity contribution in [2.45, 2.75) is 66.7 Å². The van der Waals surface area contributed by atoms with Crippen LogP contribution in [0, 0.1) is 10.1 Å². The molecule has 7 rings (SSSR count). The molecule has 1 unspecified atom stereocenters. The first-order chi connectivity index (χ1) is 29.2. The van der Waals surface area contributed by atoms with Crippen molar-refractivity contribution in [1.82, 2.24) is 4.90 Å². The van der Waals surface area contributed by atoms with Gasteiger partial charge in [-0.2, -0.15) is 0 Å². The van der Waals surface area contributed by atoms with Crippen molar-refractivity contribution >= 4 is 40.8 Å². The minimum atomic E-state index is -0.479. The molecule has 0 bridgehead atoms. The Labute approximate surface area is 351 Å². The van der Waals surface area contributed by atoms with Gasteiger partial charge in [-0.3, -0.25) is 29.6 Å². The number of nitrogens with one attached hydrogen (secondary N) is 1. The second-order valence-electron chi connectivity index (χ2n) is 13.3. The van der Waals surface area contributed by atoms with Gasteiger partial charge in [-0.1, -0.05) is 64.6 Å². The summed E-state index contributed by atoms with van der Waals surface area (Å²) in [6.07, 6.45) is 8.70. The van der Waals surface area contributed by atoms with E-state index in [0.717, 1.165) is 22.5 Å². The third kappa shape index (κ3) is 9.05. The average molecular weight is 816 g/mol. The van der Waals surface area contributed by atoms with Crippen molar-refractivity contribution in [1.29, 1.82) is 0 Å². The number of rotatable bonds is 13. The highest BCUT2D eigenvalue weighted by Crippen LogP contribution is 2.42. The number of carbonyl (C=O) groups is 2. The predicted octanol–water partition coefficient (Wildman–Crippen LogP) is 10.0. The van der Waals surface area contributed by atoms with Crippen LogP contribution in [0.25, 0.3) is 0 Å². The van der Waals surface area contributed by atoms with Gasteiger partial charge in [-0.15, -0.1) is 0 Å². The Bertz CT molecular complexity index is 2350. The summed E-state index contributed by atoms with van der Waals surface area (Å²) < 4.78 is 23.6. The fraction of sp³-hybridized carbons (Fsp3) is 0.298. The van der Waals surface area contributed by atoms with Gasteiger partial charge < -0.3 is 29.2 Å². The molecule has 3 heterocycles. The molecule has 13 nitrogen and oxygen atoms in total. The number of benzene rings is 4. The van der Waals surface area contributed by atoms with Crippen LogP contribution in [0.1, 0.15) is 78.4 Å². The first-order valence-electron chi connectivity index (χ1n) is 20.1. The summed E-state index contributed by atoms with van der Waals surface area (Å²) in [5, 5.41) is 15.1. The molecule has 2 amide bonds. The zero-order valence-corrected chi connectivity index (χ0v) is 35.5. The smallest absolute Gasteiger partial charge is 0.270 e. The minimum Gasteiger partial charge on any atom is -0.493 e. The summed E-state index contributed by atoms with van der Waals surface area (Å²) in [7, 11) is 4.67. The maximum absolute atomic E-state index is 13.8. The molecule has 3 aliphatic heterocycles. The number of fused-ring (bicyclic) bond motifs is 4. The molecule has 4 aromatic rings. The number of nitro groups is 1. The number of aliphatic imine (C=N–C) groups is 1. The molecule has 13 heteroatoms. The number of nitro benzene ring substituents is 1. The monoisotopic (exact) mass is 815 g/mol. The van der Waals surface area contributed by atoms with Gasteiger partial charge in [0, 0.05) is 61.9 Å². The zero-order chi connectivity index (χ0) is 43.5. The molecular weight excluding hydrogens is 763 g/mol. The quantitative estimate of drug-likeness (QED) is 0.103. The van der Waals surface area contributed by atoms with Crippen LogP contribution in [-0.4, -0.2) is 61.7 Å². The largest absolute Gasteiger partial charge is 0.493 e. The Kier molecular flexibility index (Phi) is 14.9. The second kappa shape index (κ2) is 20.2. The van der Waals surface area contributed by atoms with Crippen molar-refractivity contribution < 1.29 is 33.5 Å². The number of methoxy groups -OCH3 is 2. The SMILES string of the molecule is C=CC1=C(/C=C\C)N(C(=O)c2cc(OC)c(OCc3cc(COc4cc5c(cc4OC)C(=O)N4c6ccccc6CC4C=N5)cc([N+](=O)[O-])c3)cc2NC)CC1.CC.CC. The summed E-state index contributed by atoms with van der Waals surface area (Å²) in [6, 6.07) is 18.8. The number of amides is 2. The molecule has 0 aliphatic carbocycles. The Hall–Kier alpha value is -6.89. The highest BCUT2D eigenvalue weighted by Gasteiger charge is 2.36. The van der Waals surface area contributed by atoms with E-state index in [-0.39, 0.29) is 36.8 Å². The molecule has 0 fully saturated rings. The van der Waals surface area contributed by atoms with Gasteiger partial charge in [0.1, 0.15) is 13.2 Å². The number of para-hydroxylation sites is 1. The van der Waals surface area contributed by atoms with Gasteiger partial charge in [0.15, 0.2) is 23.0 Å². The topological polar surface area (TPSA) is 145 Å². The minimum absolute atomic E-state index is 0.0513. The van der Waals surface area contributed by atoms with Crippen molar-refractivity contribution in [3.05, 3.63) is 141 Å². The summed E-state index contributed by atoms with van der Waals surface area (Å²) in [5.41, 5.74) is 6.33. The van der Waals surface area contributed by atoms with E-state index in [4.69, 9.17) is 18.9 Å². The number of carbonyl (C=O) groups excluding carboxylic acids is 2.